The van der Waals surface area contributed by atoms with Gasteiger partial charge in [0, 0.05) is 7.05 Å². The average molecular weight is 216 g/mol. The molecule has 2 aliphatic rings. The quantitative estimate of drug-likeness (QED) is 0.773. The Balaban J connectivity index is 1.94. The van der Waals surface area contributed by atoms with Gasteiger partial charge in [-0.05, 0) is 25.3 Å². The third kappa shape index (κ3) is 1.28. The Hall–Kier alpha value is -1.35. The predicted octanol–water partition coefficient (Wildman–Crippen LogP) is 1.59. The fourth-order valence-electron chi connectivity index (χ4n) is 2.51. The van der Waals surface area contributed by atoms with E-state index in [-0.39, 0.29) is 17.6 Å². The number of nitrogens with zero attached hydrogens (tertiary/aromatic N) is 1. The standard InChI is InChI=1S/C13H16N2O/c1-9-4-3-5-10(8-9)11-14-13(6-7-13)12(16)15(11)2/h3-5,8,11,14H,6-7H2,1-2H3. The lowest BCUT2D eigenvalue weighted by Crippen LogP contribution is -2.30. The van der Waals surface area contributed by atoms with Crippen molar-refractivity contribution >= 4 is 5.91 Å². The molecule has 1 saturated carbocycles. The maximum Gasteiger partial charge on any atom is 0.244 e. The minimum atomic E-state index is -0.219. The van der Waals surface area contributed by atoms with Crippen LogP contribution in [-0.4, -0.2) is 23.4 Å². The fraction of sp³-hybridized carbons (Fsp3) is 0.462. The van der Waals surface area contributed by atoms with Gasteiger partial charge in [0.1, 0.15) is 11.7 Å². The molecule has 1 aliphatic carbocycles. The monoisotopic (exact) mass is 216 g/mol. The Morgan fingerprint density at radius 3 is 2.75 bits per heavy atom. The lowest BCUT2D eigenvalue weighted by molar-refractivity contribution is -0.129. The lowest BCUT2D eigenvalue weighted by Gasteiger charge is -2.19. The molecule has 1 atom stereocenters. The molecule has 1 aromatic carbocycles. The number of hydrogen-bond acceptors (Lipinski definition) is 2. The average Bonchev–Trinajstić information content (AvgIpc) is 3.00. The van der Waals surface area contributed by atoms with Crippen LogP contribution < -0.4 is 5.32 Å². The van der Waals surface area contributed by atoms with Crippen molar-refractivity contribution in [3.63, 3.8) is 0 Å². The van der Waals surface area contributed by atoms with E-state index >= 15 is 0 Å². The van der Waals surface area contributed by atoms with Crippen molar-refractivity contribution in [2.45, 2.75) is 31.5 Å². The molecule has 1 amide bonds. The molecular formula is C13H16N2O. The second kappa shape index (κ2) is 3.08. The van der Waals surface area contributed by atoms with Gasteiger partial charge < -0.3 is 4.90 Å². The van der Waals surface area contributed by atoms with Crippen molar-refractivity contribution in [3.8, 4) is 0 Å². The molecule has 1 spiro atoms. The molecule has 2 fully saturated rings. The summed E-state index contributed by atoms with van der Waals surface area (Å²) in [5.41, 5.74) is 2.19. The first-order valence-corrected chi connectivity index (χ1v) is 5.74. The number of hydrogen-bond donors (Lipinski definition) is 1. The van der Waals surface area contributed by atoms with Gasteiger partial charge in [-0.25, -0.2) is 0 Å². The Bertz CT molecular complexity index is 451. The number of nitrogens with one attached hydrogen (secondary N) is 1. The maximum absolute atomic E-state index is 12.0. The molecule has 84 valence electrons. The Kier molecular flexibility index (Phi) is 1.89. The Labute approximate surface area is 95.4 Å². The van der Waals surface area contributed by atoms with E-state index in [1.165, 1.54) is 11.1 Å². The molecule has 1 unspecified atom stereocenters. The van der Waals surface area contributed by atoms with Crippen LogP contribution in [0.15, 0.2) is 24.3 Å². The summed E-state index contributed by atoms with van der Waals surface area (Å²) < 4.78 is 0. The SMILES string of the molecule is Cc1cccc(C2NC3(CC3)C(=O)N2C)c1. The zero-order chi connectivity index (χ0) is 11.3. The summed E-state index contributed by atoms with van der Waals surface area (Å²) in [7, 11) is 1.88. The minimum Gasteiger partial charge on any atom is -0.324 e. The van der Waals surface area contributed by atoms with Crippen molar-refractivity contribution in [2.24, 2.45) is 0 Å². The van der Waals surface area contributed by atoms with Crippen molar-refractivity contribution in [3.05, 3.63) is 35.4 Å². The molecule has 0 aromatic heterocycles. The molecule has 0 bridgehead atoms. The van der Waals surface area contributed by atoms with Crippen LogP contribution in [0.3, 0.4) is 0 Å². The van der Waals surface area contributed by atoms with Crippen LogP contribution in [0.4, 0.5) is 0 Å². The lowest BCUT2D eigenvalue weighted by atomic mass is 10.1. The van der Waals surface area contributed by atoms with E-state index in [1.54, 1.807) is 0 Å². The number of likely N-dealkylation sites (N-methyl/N-ethyl adjacent to an activating group) is 1. The smallest absolute Gasteiger partial charge is 0.244 e. The first-order valence-electron chi connectivity index (χ1n) is 5.74. The summed E-state index contributed by atoms with van der Waals surface area (Å²) in [6, 6.07) is 8.34. The zero-order valence-electron chi connectivity index (χ0n) is 9.66. The maximum atomic E-state index is 12.0. The summed E-state index contributed by atoms with van der Waals surface area (Å²) in [5.74, 6) is 0.249. The molecular weight excluding hydrogens is 200 g/mol. The topological polar surface area (TPSA) is 32.3 Å². The van der Waals surface area contributed by atoms with E-state index in [4.69, 9.17) is 0 Å². The summed E-state index contributed by atoms with van der Waals surface area (Å²) in [6.07, 6.45) is 2.02. The second-order valence-electron chi connectivity index (χ2n) is 4.96. The third-order valence-corrected chi connectivity index (χ3v) is 3.64. The summed E-state index contributed by atoms with van der Waals surface area (Å²) in [5, 5.41) is 3.46. The van der Waals surface area contributed by atoms with Gasteiger partial charge in [0.25, 0.3) is 0 Å². The van der Waals surface area contributed by atoms with Crippen LogP contribution >= 0.6 is 0 Å². The van der Waals surface area contributed by atoms with Gasteiger partial charge in [-0.15, -0.1) is 0 Å². The molecule has 1 N–H and O–H groups in total. The largest absolute Gasteiger partial charge is 0.324 e. The van der Waals surface area contributed by atoms with Crippen LogP contribution in [0.2, 0.25) is 0 Å². The second-order valence-corrected chi connectivity index (χ2v) is 4.96. The normalized spacial score (nSPS) is 26.5. The van der Waals surface area contributed by atoms with Crippen molar-refractivity contribution in [2.75, 3.05) is 7.05 Å². The summed E-state index contributed by atoms with van der Waals surface area (Å²) in [6.45, 7) is 2.08. The van der Waals surface area contributed by atoms with E-state index in [0.717, 1.165) is 12.8 Å². The molecule has 3 rings (SSSR count). The van der Waals surface area contributed by atoms with Gasteiger partial charge in [-0.1, -0.05) is 29.8 Å². The van der Waals surface area contributed by atoms with Crippen LogP contribution in [0.25, 0.3) is 0 Å². The number of rotatable bonds is 1. The molecule has 1 aromatic rings. The van der Waals surface area contributed by atoms with Crippen LogP contribution in [0.1, 0.15) is 30.1 Å². The number of carbonyl (C=O) groups is 1. The highest BCUT2D eigenvalue weighted by Gasteiger charge is 2.58. The minimum absolute atomic E-state index is 0.0508. The van der Waals surface area contributed by atoms with Crippen molar-refractivity contribution in [1.82, 2.24) is 10.2 Å². The van der Waals surface area contributed by atoms with Gasteiger partial charge in [0.15, 0.2) is 0 Å². The highest BCUT2D eigenvalue weighted by molar-refractivity contribution is 5.91. The summed E-state index contributed by atoms with van der Waals surface area (Å²) >= 11 is 0. The Morgan fingerprint density at radius 1 is 1.44 bits per heavy atom. The van der Waals surface area contributed by atoms with E-state index in [0.29, 0.717) is 0 Å². The highest BCUT2D eigenvalue weighted by atomic mass is 16.2. The van der Waals surface area contributed by atoms with Crippen LogP contribution in [-0.2, 0) is 4.79 Å². The molecule has 0 radical (unpaired) electrons. The zero-order valence-corrected chi connectivity index (χ0v) is 9.66. The van der Waals surface area contributed by atoms with Crippen molar-refractivity contribution in [1.29, 1.82) is 0 Å². The highest BCUT2D eigenvalue weighted by Crippen LogP contribution is 2.45. The fourth-order valence-corrected chi connectivity index (χ4v) is 2.51. The van der Waals surface area contributed by atoms with Gasteiger partial charge >= 0.3 is 0 Å². The first kappa shape index (κ1) is 9.85. The number of amides is 1. The van der Waals surface area contributed by atoms with Gasteiger partial charge in [0.05, 0.1) is 0 Å². The molecule has 1 aliphatic heterocycles. The van der Waals surface area contributed by atoms with E-state index in [1.807, 2.05) is 18.0 Å². The molecule has 1 heterocycles. The third-order valence-electron chi connectivity index (χ3n) is 3.64. The van der Waals surface area contributed by atoms with Crippen LogP contribution in [0.5, 0.6) is 0 Å². The Morgan fingerprint density at radius 2 is 2.19 bits per heavy atom. The molecule has 16 heavy (non-hydrogen) atoms. The van der Waals surface area contributed by atoms with Crippen LogP contribution in [0, 0.1) is 6.92 Å². The van der Waals surface area contributed by atoms with Gasteiger partial charge in [-0.3, -0.25) is 10.1 Å². The van der Waals surface area contributed by atoms with Gasteiger partial charge in [-0.2, -0.15) is 0 Å². The number of aryl methyl sites for hydroxylation is 1. The predicted molar refractivity (Wildman–Crippen MR) is 61.8 cm³/mol. The van der Waals surface area contributed by atoms with Crippen molar-refractivity contribution < 1.29 is 4.79 Å². The van der Waals surface area contributed by atoms with E-state index in [2.05, 4.69) is 30.4 Å². The summed E-state index contributed by atoms with van der Waals surface area (Å²) in [4.78, 5) is 13.9. The number of carbonyl (C=O) groups excluding carboxylic acids is 1. The molecule has 3 heteroatoms. The number of benzene rings is 1. The van der Waals surface area contributed by atoms with E-state index in [9.17, 15) is 4.79 Å². The van der Waals surface area contributed by atoms with Gasteiger partial charge in [0.2, 0.25) is 5.91 Å². The van der Waals surface area contributed by atoms with E-state index < -0.39 is 0 Å². The molecule has 3 nitrogen and oxygen atoms in total. The molecule has 1 saturated heterocycles. The first-order chi connectivity index (χ1) is 7.62.